The summed E-state index contributed by atoms with van der Waals surface area (Å²) in [4.78, 5) is 25.2. The highest BCUT2D eigenvalue weighted by molar-refractivity contribution is 6.01. The van der Waals surface area contributed by atoms with Crippen molar-refractivity contribution in [1.82, 2.24) is 0 Å². The minimum Gasteiger partial charge on any atom is -0.393 e. The molecule has 5 aliphatic rings. The molecule has 3 saturated carbocycles. The first kappa shape index (κ1) is 21.5. The summed E-state index contributed by atoms with van der Waals surface area (Å²) < 4.78 is 12.7. The van der Waals surface area contributed by atoms with E-state index in [9.17, 15) is 19.8 Å². The summed E-state index contributed by atoms with van der Waals surface area (Å²) >= 11 is 0. The summed E-state index contributed by atoms with van der Waals surface area (Å²) in [5, 5.41) is 21.4. The second-order valence-corrected chi connectivity index (χ2v) is 10.7. The van der Waals surface area contributed by atoms with Crippen LogP contribution in [0, 0.1) is 28.6 Å². The Hall–Kier alpha value is -1.34. The Kier molecular flexibility index (Phi) is 4.91. The van der Waals surface area contributed by atoms with Crippen molar-refractivity contribution in [2.75, 3.05) is 6.61 Å². The number of ether oxygens (including phenoxy) is 2. The van der Waals surface area contributed by atoms with Gasteiger partial charge in [-0.25, -0.2) is 0 Å². The van der Waals surface area contributed by atoms with Crippen LogP contribution in [0.1, 0.15) is 59.3 Å². The smallest absolute Gasteiger partial charge is 0.193 e. The molecule has 31 heavy (non-hydrogen) atoms. The first-order chi connectivity index (χ1) is 14.7. The number of aliphatic hydroxyl groups is 2. The quantitative estimate of drug-likeness (QED) is 0.712. The predicted octanol–water partition coefficient (Wildman–Crippen LogP) is 2.72. The van der Waals surface area contributed by atoms with Crippen LogP contribution < -0.4 is 0 Å². The molecule has 170 valence electrons. The third-order valence-corrected chi connectivity index (χ3v) is 9.37. The topological polar surface area (TPSA) is 93.1 Å². The summed E-state index contributed by atoms with van der Waals surface area (Å²) in [6.07, 6.45) is 8.31. The normalized spacial score (nSPS) is 50.4. The monoisotopic (exact) mass is 430 g/mol. The van der Waals surface area contributed by atoms with E-state index in [2.05, 4.69) is 20.8 Å². The minimum absolute atomic E-state index is 0.0125. The molecule has 0 bridgehead atoms. The number of allylic oxidation sites excluding steroid dienone is 4. The van der Waals surface area contributed by atoms with E-state index in [1.165, 1.54) is 0 Å². The molecule has 9 atom stereocenters. The van der Waals surface area contributed by atoms with E-state index in [0.717, 1.165) is 24.8 Å². The Labute approximate surface area is 183 Å². The molecule has 0 aromatic carbocycles. The highest BCUT2D eigenvalue weighted by Gasteiger charge is 2.75. The van der Waals surface area contributed by atoms with E-state index in [4.69, 9.17) is 9.47 Å². The Morgan fingerprint density at radius 2 is 2.10 bits per heavy atom. The molecule has 6 nitrogen and oxygen atoms in total. The Morgan fingerprint density at radius 1 is 1.32 bits per heavy atom. The first-order valence-corrected chi connectivity index (χ1v) is 11.8. The highest BCUT2D eigenvalue weighted by Crippen LogP contribution is 2.69. The van der Waals surface area contributed by atoms with Crippen molar-refractivity contribution >= 4 is 11.6 Å². The van der Waals surface area contributed by atoms with Crippen molar-refractivity contribution in [2.45, 2.75) is 83.4 Å². The van der Waals surface area contributed by atoms with Gasteiger partial charge in [-0.05, 0) is 56.1 Å². The zero-order chi connectivity index (χ0) is 22.2. The number of Topliss-reactive ketones (excluding diaryl/α,β-unsaturated/α-hetero) is 1. The largest absolute Gasteiger partial charge is 0.393 e. The predicted molar refractivity (Wildman–Crippen MR) is 113 cm³/mol. The fourth-order valence-corrected chi connectivity index (χ4v) is 8.12. The number of carbonyl (C=O) groups is 2. The number of carbonyl (C=O) groups excluding carboxylic acids is 2. The van der Waals surface area contributed by atoms with Gasteiger partial charge in [0, 0.05) is 16.7 Å². The van der Waals surface area contributed by atoms with Crippen molar-refractivity contribution in [3.8, 4) is 0 Å². The van der Waals surface area contributed by atoms with Crippen LogP contribution in [0.25, 0.3) is 0 Å². The van der Waals surface area contributed by atoms with Crippen molar-refractivity contribution in [1.29, 1.82) is 0 Å². The summed E-state index contributed by atoms with van der Waals surface area (Å²) in [5.74, 6) is 0.0274. The van der Waals surface area contributed by atoms with Gasteiger partial charge >= 0.3 is 0 Å². The lowest BCUT2D eigenvalue weighted by atomic mass is 9.46. The van der Waals surface area contributed by atoms with Gasteiger partial charge in [0.2, 0.25) is 0 Å². The molecule has 0 aromatic heterocycles. The molecule has 6 heteroatoms. The van der Waals surface area contributed by atoms with E-state index < -0.39 is 36.1 Å². The fourth-order valence-electron chi connectivity index (χ4n) is 8.12. The second-order valence-electron chi connectivity index (χ2n) is 10.7. The maximum atomic E-state index is 13.2. The van der Waals surface area contributed by atoms with Gasteiger partial charge in [0.25, 0.3) is 0 Å². The van der Waals surface area contributed by atoms with E-state index in [-0.39, 0.29) is 34.7 Å². The molecule has 0 amide bonds. The fraction of sp³-hybridized carbons (Fsp3) is 0.760. The lowest BCUT2D eigenvalue weighted by molar-refractivity contribution is -0.200. The highest BCUT2D eigenvalue weighted by atomic mass is 16.7. The van der Waals surface area contributed by atoms with Crippen molar-refractivity contribution < 1.29 is 29.3 Å². The maximum Gasteiger partial charge on any atom is 0.193 e. The van der Waals surface area contributed by atoms with Crippen LogP contribution in [-0.2, 0) is 19.1 Å². The molecule has 0 aromatic rings. The molecule has 5 rings (SSSR count). The number of ketones is 2. The average molecular weight is 431 g/mol. The summed E-state index contributed by atoms with van der Waals surface area (Å²) in [6, 6.07) is 0. The lowest BCUT2D eigenvalue weighted by Gasteiger charge is -2.59. The molecule has 1 aliphatic heterocycles. The number of fused-ring (bicyclic) bond motifs is 7. The van der Waals surface area contributed by atoms with Crippen molar-refractivity contribution in [3.05, 3.63) is 23.8 Å². The molecule has 0 spiro atoms. The molecule has 4 fully saturated rings. The van der Waals surface area contributed by atoms with Crippen molar-refractivity contribution in [2.24, 2.45) is 28.6 Å². The summed E-state index contributed by atoms with van der Waals surface area (Å²) in [5.41, 5.74) is -1.05. The van der Waals surface area contributed by atoms with Crippen LogP contribution in [0.5, 0.6) is 0 Å². The molecule has 7 unspecified atom stereocenters. The van der Waals surface area contributed by atoms with Crippen LogP contribution in [0.2, 0.25) is 0 Å². The molecule has 1 heterocycles. The molecule has 1 saturated heterocycles. The van der Waals surface area contributed by atoms with Crippen LogP contribution in [0.3, 0.4) is 0 Å². The third kappa shape index (κ3) is 2.65. The van der Waals surface area contributed by atoms with Gasteiger partial charge in [-0.3, -0.25) is 9.59 Å². The van der Waals surface area contributed by atoms with Crippen LogP contribution in [0.4, 0.5) is 0 Å². The van der Waals surface area contributed by atoms with E-state index >= 15 is 0 Å². The molecular weight excluding hydrogens is 396 g/mol. The third-order valence-electron chi connectivity index (χ3n) is 9.37. The van der Waals surface area contributed by atoms with Crippen molar-refractivity contribution in [3.63, 3.8) is 0 Å². The van der Waals surface area contributed by atoms with Gasteiger partial charge in [0.15, 0.2) is 23.5 Å². The number of hydrogen-bond donors (Lipinski definition) is 2. The zero-order valence-corrected chi connectivity index (χ0v) is 18.7. The molecule has 2 N–H and O–H groups in total. The molecular formula is C25H34O6. The Bertz CT molecular complexity index is 862. The maximum absolute atomic E-state index is 13.2. The first-order valence-electron chi connectivity index (χ1n) is 11.8. The van der Waals surface area contributed by atoms with Gasteiger partial charge < -0.3 is 19.7 Å². The lowest BCUT2D eigenvalue weighted by Crippen LogP contribution is -2.63. The van der Waals surface area contributed by atoms with Gasteiger partial charge in [-0.15, -0.1) is 0 Å². The van der Waals surface area contributed by atoms with Gasteiger partial charge in [-0.2, -0.15) is 0 Å². The van der Waals surface area contributed by atoms with Gasteiger partial charge in [0.05, 0.1) is 12.2 Å². The average Bonchev–Trinajstić information content (AvgIpc) is 3.20. The van der Waals surface area contributed by atoms with Gasteiger partial charge in [0.1, 0.15) is 6.61 Å². The molecule has 0 radical (unpaired) electrons. The van der Waals surface area contributed by atoms with E-state index in [0.29, 0.717) is 19.3 Å². The minimum atomic E-state index is -1.20. The number of rotatable bonds is 4. The standard InChI is InChI=1S/C25H34O6/c1-4-5-21-30-20-11-17-16-7-6-14-10-15(27)8-9-23(14,2)22(16)18(28)12-24(17,3)25(20,31-21)19(29)13-26/h8-10,16-18,20-22,26,28H,4-7,11-13H2,1-3H3/t16?,17?,18?,20-,21?,22?,23?,24?,25+/m0/s1. The zero-order valence-electron chi connectivity index (χ0n) is 18.7. The van der Waals surface area contributed by atoms with Crippen LogP contribution >= 0.6 is 0 Å². The van der Waals surface area contributed by atoms with E-state index in [1.54, 1.807) is 12.2 Å². The van der Waals surface area contributed by atoms with Gasteiger partial charge in [-0.1, -0.05) is 38.8 Å². The summed E-state index contributed by atoms with van der Waals surface area (Å²) in [7, 11) is 0. The number of aliphatic hydroxyl groups excluding tert-OH is 2. The number of hydrogen-bond acceptors (Lipinski definition) is 6. The Morgan fingerprint density at radius 3 is 2.81 bits per heavy atom. The van der Waals surface area contributed by atoms with Crippen LogP contribution in [0.15, 0.2) is 23.8 Å². The second kappa shape index (κ2) is 7.08. The molecule has 4 aliphatic carbocycles. The van der Waals surface area contributed by atoms with Crippen LogP contribution in [-0.4, -0.2) is 52.5 Å². The van der Waals surface area contributed by atoms with E-state index in [1.807, 2.05) is 6.08 Å². The SMILES string of the molecule is CCCC1O[C@H]2CC3C4CCC5=CC(=O)C=CC5(C)C4C(O)CC3(C)[C@]2(C(=O)CO)O1. The summed E-state index contributed by atoms with van der Waals surface area (Å²) in [6.45, 7) is 5.67. The Balaban J connectivity index is 1.55.